The van der Waals surface area contributed by atoms with Crippen molar-refractivity contribution in [3.8, 4) is 0 Å². The molecule has 109 heavy (non-hydrogen) atoms. The molecule has 1 radical (unpaired) electrons. The van der Waals surface area contributed by atoms with Gasteiger partial charge in [0.05, 0.1) is 84.1 Å². The number of amides is 2. The summed E-state index contributed by atoms with van der Waals surface area (Å²) < 4.78 is 89.6. The third-order valence-electron chi connectivity index (χ3n) is 26.1. The molecule has 0 bridgehead atoms. The Morgan fingerprint density at radius 3 is 1.07 bits per heavy atom. The smallest absolute Gasteiger partial charge is 0.407 e. The van der Waals surface area contributed by atoms with Crippen molar-refractivity contribution in [2.45, 2.75) is 387 Å². The zero-order valence-corrected chi connectivity index (χ0v) is 75.2. The van der Waals surface area contributed by atoms with Gasteiger partial charge in [0.2, 0.25) is 0 Å². The molecule has 6 rings (SSSR count). The van der Waals surface area contributed by atoms with Gasteiger partial charge in [-0.2, -0.15) is 0 Å². The van der Waals surface area contributed by atoms with E-state index in [2.05, 4.69) is 10.6 Å². The molecule has 6 aliphatic rings. The Bertz CT molecular complexity index is 2660. The number of methoxy groups -OCH3 is 2. The van der Waals surface area contributed by atoms with Crippen LogP contribution in [0.3, 0.4) is 0 Å². The maximum Gasteiger partial charge on any atom is 0.407 e. The van der Waals surface area contributed by atoms with Crippen LogP contribution in [0, 0.1) is 115 Å². The van der Waals surface area contributed by atoms with E-state index < -0.39 is 204 Å². The Morgan fingerprint density at radius 2 is 0.771 bits per heavy atom. The van der Waals surface area contributed by atoms with Crippen molar-refractivity contribution in [1.29, 1.82) is 0 Å². The minimum absolute atomic E-state index is 0. The maximum absolute atomic E-state index is 14.6. The van der Waals surface area contributed by atoms with Gasteiger partial charge in [-0.25, -0.2) is 9.59 Å². The van der Waals surface area contributed by atoms with Gasteiger partial charge in [0.15, 0.2) is 37.4 Å². The molecule has 6 fully saturated rings. The molecule has 2 amide bonds. The minimum Gasteiger partial charge on any atom is -0.459 e. The number of nitrogens with one attached hydrogen (secondary N) is 2. The quantitative estimate of drug-likeness (QED) is 0.0329. The van der Waals surface area contributed by atoms with Gasteiger partial charge in [0.25, 0.3) is 0 Å². The molecule has 0 aromatic rings. The summed E-state index contributed by atoms with van der Waals surface area (Å²) in [6.07, 6.45) is -19.5. The summed E-state index contributed by atoms with van der Waals surface area (Å²) in [6.45, 7) is 42.7. The predicted molar refractivity (Wildman–Crippen MR) is 398 cm³/mol. The van der Waals surface area contributed by atoms with Gasteiger partial charge in [-0.1, -0.05) is 83.1 Å². The Morgan fingerprint density at radius 1 is 0.450 bits per heavy atom. The summed E-state index contributed by atoms with van der Waals surface area (Å²) in [5.74, 6) is -7.97. The monoisotopic (exact) mass is 1780 g/mol. The van der Waals surface area contributed by atoms with Crippen LogP contribution in [-0.4, -0.2) is 249 Å². The summed E-state index contributed by atoms with van der Waals surface area (Å²) in [5.41, 5.74) is -9.58. The molecule has 6 saturated heterocycles. The van der Waals surface area contributed by atoms with Gasteiger partial charge in [-0.15, -0.1) is 0 Å². The van der Waals surface area contributed by atoms with E-state index in [4.69, 9.17) is 66.3 Å². The standard InChI is InChI=1S/C80H144N2O26.Ac/c1-27-55-79(23,93)63(85)47(11)45(9)41(5)35-75(19,91)65(105-71-59(83)39(3)33-43(7)97-71)49(13)61(51(15)69(87)101-55)103-57-37-77(21,95-25)67(53(17)99-57)107-73(89)81-31-29-30-32-82-74(90)108-68-54(18)100-58(38-78(68,22)96-26)104-62-50(14)66(106-72-60(84)40(4)34-44(8)98-72)76(20,92)36-42(6)46(10)48(12)64(86)80(24,94)56(28-2)102-70(88)52(62)16;/h39-68,71-72,83-86,91-94H,27-38H2,1-26H3,(H,81,89)(H,82,90);/t39?,40?,41-,42-,43?,44?,45+,46+,47+,48+,49+,50+,51-,52-,53?,54?,55-,56-,57?,58?,59?,60?,61+,62?,63-,64-,65-,66-,67?,68?,71?,72?,75-,76-,77?,78?,79-,80-;/m1./s1. The van der Waals surface area contributed by atoms with Crippen LogP contribution in [0.5, 0.6) is 0 Å². The van der Waals surface area contributed by atoms with Crippen LogP contribution < -0.4 is 10.6 Å². The molecular weight excluding hydrogens is 1630 g/mol. The number of hydrogen-bond donors (Lipinski definition) is 10. The maximum atomic E-state index is 14.6. The van der Waals surface area contributed by atoms with E-state index in [1.165, 1.54) is 28.1 Å². The fourth-order valence-electron chi connectivity index (χ4n) is 18.4. The number of cyclic esters (lactones) is 2. The Labute approximate surface area is 685 Å². The van der Waals surface area contributed by atoms with E-state index >= 15 is 0 Å². The molecule has 0 saturated carbocycles. The van der Waals surface area contributed by atoms with E-state index in [9.17, 15) is 60.0 Å². The number of rotatable bonds is 19. The average Bonchev–Trinajstić information content (AvgIpc) is 0.788. The van der Waals surface area contributed by atoms with Crippen molar-refractivity contribution in [2.75, 3.05) is 27.3 Å². The molecule has 6 aliphatic heterocycles. The van der Waals surface area contributed by atoms with Gasteiger partial charge < -0.3 is 118 Å². The molecule has 633 valence electrons. The molecule has 28 nitrogen and oxygen atoms in total. The number of carbonyl (C=O) groups is 4. The number of alkyl carbamates (subject to hydrolysis) is 2. The van der Waals surface area contributed by atoms with Crippen molar-refractivity contribution in [3.63, 3.8) is 0 Å². The molecule has 17 unspecified atom stereocenters. The Kier molecular flexibility index (Phi) is 36.4. The van der Waals surface area contributed by atoms with Crippen molar-refractivity contribution in [3.05, 3.63) is 0 Å². The molecule has 0 spiro atoms. The summed E-state index contributed by atoms with van der Waals surface area (Å²) >= 11 is 0. The van der Waals surface area contributed by atoms with Crippen molar-refractivity contribution >= 4 is 24.1 Å². The first kappa shape index (κ1) is 97.8. The first-order valence-electron chi connectivity index (χ1n) is 40.2. The predicted octanol–water partition coefficient (Wildman–Crippen LogP) is 8.38. The molecule has 0 aliphatic carbocycles. The van der Waals surface area contributed by atoms with Gasteiger partial charge in [-0.3, -0.25) is 9.59 Å². The summed E-state index contributed by atoms with van der Waals surface area (Å²) in [6, 6.07) is 0. The van der Waals surface area contributed by atoms with Crippen LogP contribution in [-0.2, 0) is 75.9 Å². The SMILES string of the molecule is CC[C@H]1OC(=O)[C@H](C)C(OC2CC(C)(OC)C(OC(=O)NCCCCNC(=O)OC3C(C)OC(O[C@H]4[C@H](C)[C@@H](OC5OC(C)CC(C)C5O)[C@](C)(O)C[C@@H](C)[C@H](C)[C@H](C)[C@@H](O)[C@](C)(O)[C@@H](CC)OC(=O)[C@@H]4C)CC3(C)OC)C(C)O2)[C@H](C)[C@@H](OC2OC(C)CC(C)C2O)[C@](C)(O)C[C@@H](C)[C@H](C)[C@H](C)[C@@H](O)[C@]1(C)O.[Ac]. The van der Waals surface area contributed by atoms with Crippen molar-refractivity contribution < 1.29 is 170 Å². The van der Waals surface area contributed by atoms with Crippen LogP contribution in [0.4, 0.5) is 9.59 Å². The molecule has 0 aromatic heterocycles. The minimum atomic E-state index is -1.87. The zero-order valence-electron chi connectivity index (χ0n) is 70.5. The number of ether oxygens (including phenoxy) is 14. The summed E-state index contributed by atoms with van der Waals surface area (Å²) in [5, 5.41) is 102. The fourth-order valence-corrected chi connectivity index (χ4v) is 18.4. The molecule has 6 heterocycles. The van der Waals surface area contributed by atoms with Gasteiger partial charge in [0, 0.05) is 96.0 Å². The third-order valence-corrected chi connectivity index (χ3v) is 26.1. The van der Waals surface area contributed by atoms with Gasteiger partial charge >= 0.3 is 24.1 Å². The number of aliphatic hydroxyl groups excluding tert-OH is 4. The normalized spacial score (nSPS) is 48.4. The summed E-state index contributed by atoms with van der Waals surface area (Å²) in [7, 11) is 2.94. The number of aliphatic hydroxyl groups is 8. The third kappa shape index (κ3) is 23.6. The Hall–Kier alpha value is -1.80. The van der Waals surface area contributed by atoms with E-state index in [-0.39, 0.29) is 143 Å². The second kappa shape index (κ2) is 40.6. The van der Waals surface area contributed by atoms with Crippen molar-refractivity contribution in [2.24, 2.45) is 71.0 Å². The molecule has 10 N–H and O–H groups in total. The number of unbranched alkanes of at least 4 members (excludes halogenated alkanes) is 1. The van der Waals surface area contributed by atoms with E-state index in [1.54, 1.807) is 83.1 Å². The van der Waals surface area contributed by atoms with Crippen LogP contribution in [0.1, 0.15) is 230 Å². The van der Waals surface area contributed by atoms with Crippen LogP contribution >= 0.6 is 0 Å². The summed E-state index contributed by atoms with van der Waals surface area (Å²) in [4.78, 5) is 56.6. The van der Waals surface area contributed by atoms with Gasteiger partial charge in [-0.05, 0) is 182 Å². The van der Waals surface area contributed by atoms with Crippen molar-refractivity contribution in [1.82, 2.24) is 10.6 Å². The number of esters is 2. The van der Waals surface area contributed by atoms with E-state index in [0.717, 1.165) is 0 Å². The zero-order chi connectivity index (χ0) is 81.6. The Balaban J connectivity index is 0.0000213. The molecule has 38 atom stereocenters. The van der Waals surface area contributed by atoms with Gasteiger partial charge in [0.1, 0.15) is 46.8 Å². The second-order valence-corrected chi connectivity index (χ2v) is 35.4. The molecular formula is C80H144AcN2O26. The van der Waals surface area contributed by atoms with Crippen LogP contribution in [0.25, 0.3) is 0 Å². The second-order valence-electron chi connectivity index (χ2n) is 35.4. The number of carbonyl (C=O) groups excluding carboxylic acids is 4. The van der Waals surface area contributed by atoms with Crippen LogP contribution in [0.15, 0.2) is 0 Å². The topological polar surface area (TPSA) is 383 Å². The average molecular weight is 1780 g/mol. The van der Waals surface area contributed by atoms with E-state index in [1.807, 2.05) is 69.2 Å². The molecule has 29 heteroatoms. The number of hydrogen-bond acceptors (Lipinski definition) is 26. The fraction of sp³-hybridized carbons (Fsp3) is 0.950. The first-order chi connectivity index (χ1) is 50.0. The van der Waals surface area contributed by atoms with Crippen LogP contribution in [0.2, 0.25) is 0 Å². The largest absolute Gasteiger partial charge is 0.459 e. The first-order valence-corrected chi connectivity index (χ1v) is 40.2. The van der Waals surface area contributed by atoms with E-state index in [0.29, 0.717) is 25.7 Å². The molecule has 0 aromatic carbocycles.